The Morgan fingerprint density at radius 2 is 1.09 bits per heavy atom. The van der Waals surface area contributed by atoms with Gasteiger partial charge in [0, 0.05) is 24.7 Å². The van der Waals surface area contributed by atoms with Crippen LogP contribution in [-0.4, -0.2) is 98.1 Å². The van der Waals surface area contributed by atoms with Gasteiger partial charge in [-0.2, -0.15) is 0 Å². The highest BCUT2D eigenvalue weighted by atomic mass is 15.2. The zero-order valence-corrected chi connectivity index (χ0v) is 24.2. The van der Waals surface area contributed by atoms with Gasteiger partial charge in [0.2, 0.25) is 0 Å². The summed E-state index contributed by atoms with van der Waals surface area (Å²) in [5.41, 5.74) is 0. The molecule has 2 heterocycles. The lowest BCUT2D eigenvalue weighted by atomic mass is 9.92. The minimum atomic E-state index is 0.685. The van der Waals surface area contributed by atoms with E-state index in [1.54, 1.807) is 0 Å². The standard InChI is InChI=1S/2C13H28N2.C2H6/c1-11(2)15(12(3)4)10-13-6-8-14(5)9-7-13;1-12(2)15(4)9-5-6-13-7-10-14(3)11-8-13;1-2/h11-13H,6-10H2,1-5H3;12-13H,5-11H2,1-4H3;1-2H3. The molecule has 0 bridgehead atoms. The molecule has 2 fully saturated rings. The summed E-state index contributed by atoms with van der Waals surface area (Å²) < 4.78 is 0. The van der Waals surface area contributed by atoms with E-state index in [4.69, 9.17) is 0 Å². The monoisotopic (exact) mass is 454 g/mol. The predicted molar refractivity (Wildman–Crippen MR) is 146 cm³/mol. The molecule has 0 radical (unpaired) electrons. The van der Waals surface area contributed by atoms with E-state index in [1.165, 1.54) is 77.8 Å². The maximum absolute atomic E-state index is 2.63. The van der Waals surface area contributed by atoms with Crippen LogP contribution in [-0.2, 0) is 0 Å². The molecular weight excluding hydrogens is 392 g/mol. The van der Waals surface area contributed by atoms with Crippen molar-refractivity contribution in [1.82, 2.24) is 19.6 Å². The van der Waals surface area contributed by atoms with Crippen LogP contribution in [0.25, 0.3) is 0 Å². The van der Waals surface area contributed by atoms with Crippen molar-refractivity contribution in [1.29, 1.82) is 0 Å². The molecule has 2 aliphatic heterocycles. The van der Waals surface area contributed by atoms with E-state index >= 15 is 0 Å². The summed E-state index contributed by atoms with van der Waals surface area (Å²) in [5, 5.41) is 0. The number of likely N-dealkylation sites (tertiary alicyclic amines) is 2. The molecule has 0 spiro atoms. The Labute approximate surface area is 204 Å². The molecule has 4 nitrogen and oxygen atoms in total. The van der Waals surface area contributed by atoms with Gasteiger partial charge in [-0.1, -0.05) is 13.8 Å². The summed E-state index contributed by atoms with van der Waals surface area (Å²) in [4.78, 5) is 9.99. The van der Waals surface area contributed by atoms with Gasteiger partial charge in [0.05, 0.1) is 0 Å². The number of hydrogen-bond donors (Lipinski definition) is 0. The highest BCUT2D eigenvalue weighted by Crippen LogP contribution is 2.21. The quantitative estimate of drug-likeness (QED) is 0.428. The first-order valence-electron chi connectivity index (χ1n) is 13.9. The number of nitrogens with zero attached hydrogens (tertiary/aromatic N) is 4. The van der Waals surface area contributed by atoms with Gasteiger partial charge in [-0.3, -0.25) is 4.90 Å². The van der Waals surface area contributed by atoms with Crippen LogP contribution in [0, 0.1) is 11.8 Å². The normalized spacial score (nSPS) is 19.5. The van der Waals surface area contributed by atoms with Crippen molar-refractivity contribution in [2.75, 3.05) is 60.4 Å². The molecule has 0 aromatic rings. The van der Waals surface area contributed by atoms with Gasteiger partial charge in [0.1, 0.15) is 0 Å². The molecule has 0 N–H and O–H groups in total. The van der Waals surface area contributed by atoms with Crippen LogP contribution in [0.1, 0.15) is 93.9 Å². The highest BCUT2D eigenvalue weighted by Gasteiger charge is 2.22. The van der Waals surface area contributed by atoms with E-state index in [1.807, 2.05) is 13.8 Å². The van der Waals surface area contributed by atoms with Crippen LogP contribution < -0.4 is 0 Å². The smallest absolute Gasteiger partial charge is 0.00414 e. The van der Waals surface area contributed by atoms with E-state index in [2.05, 4.69) is 82.3 Å². The van der Waals surface area contributed by atoms with Crippen LogP contribution >= 0.6 is 0 Å². The largest absolute Gasteiger partial charge is 0.306 e. The average molecular weight is 455 g/mol. The topological polar surface area (TPSA) is 13.0 Å². The van der Waals surface area contributed by atoms with Crippen LogP contribution in [0.2, 0.25) is 0 Å². The van der Waals surface area contributed by atoms with Crippen molar-refractivity contribution in [3.8, 4) is 0 Å². The molecule has 2 rings (SSSR count). The molecule has 0 aromatic carbocycles. The van der Waals surface area contributed by atoms with E-state index in [9.17, 15) is 0 Å². The van der Waals surface area contributed by atoms with Crippen molar-refractivity contribution >= 4 is 0 Å². The number of hydrogen-bond acceptors (Lipinski definition) is 4. The molecule has 0 unspecified atom stereocenters. The Morgan fingerprint density at radius 1 is 0.688 bits per heavy atom. The first-order valence-corrected chi connectivity index (χ1v) is 13.9. The van der Waals surface area contributed by atoms with Gasteiger partial charge in [-0.05, 0) is 146 Å². The third-order valence-electron chi connectivity index (χ3n) is 7.48. The fraction of sp³-hybridized carbons (Fsp3) is 1.00. The van der Waals surface area contributed by atoms with E-state index in [0.717, 1.165) is 11.8 Å². The van der Waals surface area contributed by atoms with Crippen LogP contribution in [0.5, 0.6) is 0 Å². The van der Waals surface area contributed by atoms with Crippen LogP contribution in [0.15, 0.2) is 0 Å². The van der Waals surface area contributed by atoms with E-state index in [0.29, 0.717) is 18.1 Å². The lowest BCUT2D eigenvalue weighted by Crippen LogP contribution is -2.43. The Bertz CT molecular complexity index is 400. The van der Waals surface area contributed by atoms with Crippen LogP contribution in [0.3, 0.4) is 0 Å². The molecule has 0 saturated carbocycles. The third-order valence-corrected chi connectivity index (χ3v) is 7.48. The predicted octanol–water partition coefficient (Wildman–Crippen LogP) is 5.92. The second kappa shape index (κ2) is 18.2. The maximum atomic E-state index is 2.63. The third kappa shape index (κ3) is 14.2. The SMILES string of the molecule is CC.CC(C)N(C)CCCC1CCN(C)CC1.CC(C)N(CC1CCN(C)CC1)C(C)C. The van der Waals surface area contributed by atoms with Gasteiger partial charge >= 0.3 is 0 Å². The lowest BCUT2D eigenvalue weighted by molar-refractivity contribution is 0.113. The van der Waals surface area contributed by atoms with E-state index < -0.39 is 0 Å². The molecule has 0 atom stereocenters. The molecule has 4 heteroatoms. The zero-order chi connectivity index (χ0) is 24.7. The van der Waals surface area contributed by atoms with Crippen molar-refractivity contribution in [3.05, 3.63) is 0 Å². The number of piperidine rings is 2. The Balaban J connectivity index is 0.000000557. The highest BCUT2D eigenvalue weighted by molar-refractivity contribution is 4.76. The Morgan fingerprint density at radius 3 is 1.47 bits per heavy atom. The molecule has 2 saturated heterocycles. The summed E-state index contributed by atoms with van der Waals surface area (Å²) in [6.45, 7) is 25.6. The molecule has 0 aromatic heterocycles. The summed E-state index contributed by atoms with van der Waals surface area (Å²) in [5.74, 6) is 1.92. The van der Waals surface area contributed by atoms with Crippen LogP contribution in [0.4, 0.5) is 0 Å². The molecular formula is C28H62N4. The molecule has 32 heavy (non-hydrogen) atoms. The summed E-state index contributed by atoms with van der Waals surface area (Å²) in [7, 11) is 6.71. The van der Waals surface area contributed by atoms with Gasteiger partial charge in [0.15, 0.2) is 0 Å². The van der Waals surface area contributed by atoms with Crippen molar-refractivity contribution in [2.24, 2.45) is 11.8 Å². The van der Waals surface area contributed by atoms with Gasteiger partial charge in [-0.25, -0.2) is 0 Å². The fourth-order valence-electron chi connectivity index (χ4n) is 4.80. The first-order chi connectivity index (χ1) is 15.1. The summed E-state index contributed by atoms with van der Waals surface area (Å²) in [6, 6.07) is 2.07. The molecule has 2 aliphatic rings. The molecule has 194 valence electrons. The fourth-order valence-corrected chi connectivity index (χ4v) is 4.80. The van der Waals surface area contributed by atoms with E-state index in [-0.39, 0.29) is 0 Å². The summed E-state index contributed by atoms with van der Waals surface area (Å²) in [6.07, 6.45) is 8.41. The lowest BCUT2D eigenvalue weighted by Gasteiger charge is -2.37. The van der Waals surface area contributed by atoms with Gasteiger partial charge < -0.3 is 14.7 Å². The Kier molecular flexibility index (Phi) is 18.1. The summed E-state index contributed by atoms with van der Waals surface area (Å²) >= 11 is 0. The second-order valence-electron chi connectivity index (χ2n) is 11.1. The van der Waals surface area contributed by atoms with Gasteiger partial charge in [0.25, 0.3) is 0 Å². The Hall–Kier alpha value is -0.160. The zero-order valence-electron chi connectivity index (χ0n) is 24.2. The van der Waals surface area contributed by atoms with Crippen molar-refractivity contribution in [3.63, 3.8) is 0 Å². The maximum Gasteiger partial charge on any atom is 0.00414 e. The van der Waals surface area contributed by atoms with Crippen molar-refractivity contribution in [2.45, 2.75) is 112 Å². The number of rotatable bonds is 9. The molecule has 0 aliphatic carbocycles. The average Bonchev–Trinajstić information content (AvgIpc) is 2.76. The first kappa shape index (κ1) is 31.8. The minimum absolute atomic E-state index is 0.685. The second-order valence-corrected chi connectivity index (χ2v) is 11.1. The van der Waals surface area contributed by atoms with Gasteiger partial charge in [-0.15, -0.1) is 0 Å². The molecule has 0 amide bonds. The van der Waals surface area contributed by atoms with Crippen molar-refractivity contribution < 1.29 is 0 Å². The minimum Gasteiger partial charge on any atom is -0.306 e.